The molecule has 0 spiro atoms. The lowest BCUT2D eigenvalue weighted by Crippen LogP contribution is -2.11. The van der Waals surface area contributed by atoms with Gasteiger partial charge in [0, 0.05) is 22.4 Å². The van der Waals surface area contributed by atoms with E-state index >= 15 is 0 Å². The molecule has 0 aliphatic rings. The third-order valence-corrected chi connectivity index (χ3v) is 3.86. The monoisotopic (exact) mass is 341 g/mol. The number of rotatable bonds is 4. The van der Waals surface area contributed by atoms with E-state index in [4.69, 9.17) is 4.52 Å². The van der Waals surface area contributed by atoms with Crippen LogP contribution in [0.1, 0.15) is 10.4 Å². The lowest BCUT2D eigenvalue weighted by Gasteiger charge is -2.06. The van der Waals surface area contributed by atoms with Gasteiger partial charge in [-0.25, -0.2) is 0 Å². The first-order valence-electron chi connectivity index (χ1n) is 8.15. The fraction of sp³-hybridized carbons (Fsp3) is 0. The zero-order chi connectivity index (χ0) is 17.8. The number of aromatic nitrogens is 2. The highest BCUT2D eigenvalue weighted by Gasteiger charge is 2.12. The first-order valence-corrected chi connectivity index (χ1v) is 8.15. The average molecular weight is 341 g/mol. The molecule has 5 nitrogen and oxygen atoms in total. The summed E-state index contributed by atoms with van der Waals surface area (Å²) in [4.78, 5) is 16.7. The Balaban J connectivity index is 1.57. The van der Waals surface area contributed by atoms with Crippen LogP contribution < -0.4 is 5.32 Å². The maximum Gasteiger partial charge on any atom is 0.258 e. The normalized spacial score (nSPS) is 10.5. The molecule has 5 heteroatoms. The zero-order valence-electron chi connectivity index (χ0n) is 13.8. The van der Waals surface area contributed by atoms with Crippen molar-refractivity contribution in [2.45, 2.75) is 0 Å². The maximum atomic E-state index is 12.3. The van der Waals surface area contributed by atoms with E-state index in [1.165, 1.54) is 0 Å². The van der Waals surface area contributed by atoms with E-state index in [2.05, 4.69) is 15.5 Å². The molecule has 0 saturated heterocycles. The Kier molecular flexibility index (Phi) is 4.26. The number of carbonyl (C=O) groups is 1. The van der Waals surface area contributed by atoms with Crippen LogP contribution in [0, 0.1) is 0 Å². The Morgan fingerprint density at radius 2 is 1.50 bits per heavy atom. The van der Waals surface area contributed by atoms with Crippen LogP contribution in [0.2, 0.25) is 0 Å². The highest BCUT2D eigenvalue weighted by molar-refractivity contribution is 6.04. The fourth-order valence-electron chi connectivity index (χ4n) is 2.57. The molecule has 1 N–H and O–H groups in total. The molecule has 1 amide bonds. The summed E-state index contributed by atoms with van der Waals surface area (Å²) in [6.07, 6.45) is 0. The van der Waals surface area contributed by atoms with Crippen LogP contribution in [0.5, 0.6) is 0 Å². The van der Waals surface area contributed by atoms with Crippen molar-refractivity contribution in [2.24, 2.45) is 0 Å². The highest BCUT2D eigenvalue weighted by Crippen LogP contribution is 2.24. The van der Waals surface area contributed by atoms with Crippen molar-refractivity contribution < 1.29 is 9.32 Å². The van der Waals surface area contributed by atoms with Crippen molar-refractivity contribution in [3.63, 3.8) is 0 Å². The Morgan fingerprint density at radius 3 is 2.27 bits per heavy atom. The van der Waals surface area contributed by atoms with Crippen molar-refractivity contribution in [3.8, 4) is 22.8 Å². The summed E-state index contributed by atoms with van der Waals surface area (Å²) in [5.41, 5.74) is 2.89. The van der Waals surface area contributed by atoms with Gasteiger partial charge in [-0.2, -0.15) is 4.98 Å². The molecule has 4 rings (SSSR count). The van der Waals surface area contributed by atoms with E-state index in [0.29, 0.717) is 23.0 Å². The molecule has 0 unspecified atom stereocenters. The number of benzene rings is 3. The zero-order valence-corrected chi connectivity index (χ0v) is 13.8. The molecular weight excluding hydrogens is 326 g/mol. The molecule has 0 aliphatic carbocycles. The van der Waals surface area contributed by atoms with Gasteiger partial charge in [-0.05, 0) is 30.3 Å². The number of nitrogens with zero attached hydrogens (tertiary/aromatic N) is 2. The minimum Gasteiger partial charge on any atom is -0.334 e. The number of amides is 1. The van der Waals surface area contributed by atoms with Crippen LogP contribution in [0.4, 0.5) is 5.69 Å². The van der Waals surface area contributed by atoms with E-state index in [-0.39, 0.29) is 5.91 Å². The third-order valence-electron chi connectivity index (χ3n) is 3.86. The summed E-state index contributed by atoms with van der Waals surface area (Å²) in [6, 6.07) is 26.0. The van der Waals surface area contributed by atoms with Gasteiger partial charge in [-0.3, -0.25) is 4.79 Å². The Labute approximate surface area is 150 Å². The number of nitrogens with one attached hydrogen (secondary N) is 1. The van der Waals surface area contributed by atoms with Gasteiger partial charge < -0.3 is 9.84 Å². The molecule has 1 heterocycles. The van der Waals surface area contributed by atoms with Crippen LogP contribution in [0.15, 0.2) is 89.5 Å². The molecule has 0 saturated carbocycles. The molecule has 4 aromatic rings. The standard InChI is InChI=1S/C21H15N3O2/c25-20(16-10-5-2-6-11-16)22-18-13-7-12-17(14-18)21-23-19(24-26-21)15-8-3-1-4-9-15/h1-14H,(H,22,25). The minimum absolute atomic E-state index is 0.168. The van der Waals surface area contributed by atoms with E-state index in [1.54, 1.807) is 12.1 Å². The van der Waals surface area contributed by atoms with Crippen molar-refractivity contribution >= 4 is 11.6 Å². The molecule has 126 valence electrons. The van der Waals surface area contributed by atoms with Crippen LogP contribution in [0.25, 0.3) is 22.8 Å². The minimum atomic E-state index is -0.168. The Hall–Kier alpha value is -3.73. The molecule has 0 bridgehead atoms. The second kappa shape index (κ2) is 7.03. The molecule has 3 aromatic carbocycles. The highest BCUT2D eigenvalue weighted by atomic mass is 16.5. The van der Waals surface area contributed by atoms with Gasteiger partial charge in [-0.15, -0.1) is 0 Å². The molecule has 1 aromatic heterocycles. The van der Waals surface area contributed by atoms with E-state index in [9.17, 15) is 4.79 Å². The number of hydrogen-bond acceptors (Lipinski definition) is 4. The van der Waals surface area contributed by atoms with Crippen molar-refractivity contribution in [2.75, 3.05) is 5.32 Å². The molecule has 26 heavy (non-hydrogen) atoms. The third kappa shape index (κ3) is 3.37. The van der Waals surface area contributed by atoms with Crippen molar-refractivity contribution in [1.29, 1.82) is 0 Å². The van der Waals surface area contributed by atoms with Crippen LogP contribution in [0.3, 0.4) is 0 Å². The van der Waals surface area contributed by atoms with Gasteiger partial charge in [0.1, 0.15) is 0 Å². The SMILES string of the molecule is O=C(Nc1cccc(-c2nc(-c3ccccc3)no2)c1)c1ccccc1. The quantitative estimate of drug-likeness (QED) is 0.586. The van der Waals surface area contributed by atoms with Crippen molar-refractivity contribution in [3.05, 3.63) is 90.5 Å². The van der Waals surface area contributed by atoms with Gasteiger partial charge >= 0.3 is 0 Å². The van der Waals surface area contributed by atoms with Gasteiger partial charge in [0.05, 0.1) is 0 Å². The fourth-order valence-corrected chi connectivity index (χ4v) is 2.57. The predicted octanol–water partition coefficient (Wildman–Crippen LogP) is 4.66. The van der Waals surface area contributed by atoms with E-state index < -0.39 is 0 Å². The second-order valence-corrected chi connectivity index (χ2v) is 5.69. The molecule has 0 aliphatic heterocycles. The maximum absolute atomic E-state index is 12.3. The first-order chi connectivity index (χ1) is 12.8. The lowest BCUT2D eigenvalue weighted by molar-refractivity contribution is 0.102. The van der Waals surface area contributed by atoms with Crippen molar-refractivity contribution in [1.82, 2.24) is 10.1 Å². The molecule has 0 fully saturated rings. The largest absolute Gasteiger partial charge is 0.334 e. The van der Waals surface area contributed by atoms with Crippen LogP contribution >= 0.6 is 0 Å². The molecule has 0 radical (unpaired) electrons. The van der Waals surface area contributed by atoms with E-state index in [1.807, 2.05) is 72.8 Å². The number of hydrogen-bond donors (Lipinski definition) is 1. The Bertz CT molecular complexity index is 1030. The summed E-state index contributed by atoms with van der Waals surface area (Å²) in [7, 11) is 0. The Morgan fingerprint density at radius 1 is 0.808 bits per heavy atom. The number of carbonyl (C=O) groups excluding carboxylic acids is 1. The van der Waals surface area contributed by atoms with Gasteiger partial charge in [-0.1, -0.05) is 59.8 Å². The molecular formula is C21H15N3O2. The first kappa shape index (κ1) is 15.8. The summed E-state index contributed by atoms with van der Waals surface area (Å²) in [5, 5.41) is 6.91. The van der Waals surface area contributed by atoms with Gasteiger partial charge in [0.2, 0.25) is 5.82 Å². The topological polar surface area (TPSA) is 68.0 Å². The second-order valence-electron chi connectivity index (χ2n) is 5.69. The molecule has 0 atom stereocenters. The van der Waals surface area contributed by atoms with Gasteiger partial charge in [0.15, 0.2) is 0 Å². The summed E-state index contributed by atoms with van der Waals surface area (Å²) in [5.74, 6) is 0.761. The van der Waals surface area contributed by atoms with Crippen LogP contribution in [-0.2, 0) is 0 Å². The predicted molar refractivity (Wildman–Crippen MR) is 99.6 cm³/mol. The smallest absolute Gasteiger partial charge is 0.258 e. The summed E-state index contributed by atoms with van der Waals surface area (Å²) in [6.45, 7) is 0. The average Bonchev–Trinajstić information content (AvgIpc) is 3.20. The summed E-state index contributed by atoms with van der Waals surface area (Å²) >= 11 is 0. The van der Waals surface area contributed by atoms with Crippen LogP contribution in [-0.4, -0.2) is 16.0 Å². The van der Waals surface area contributed by atoms with Gasteiger partial charge in [0.25, 0.3) is 11.8 Å². The summed E-state index contributed by atoms with van der Waals surface area (Å²) < 4.78 is 5.38. The lowest BCUT2D eigenvalue weighted by atomic mass is 10.1. The van der Waals surface area contributed by atoms with E-state index in [0.717, 1.165) is 11.1 Å². The number of anilines is 1.